The number of carbonyl (C=O) groups excluding carboxylic acids is 4. The molecule has 0 unspecified atom stereocenters. The molecule has 54 heavy (non-hydrogen) atoms. The van der Waals surface area contributed by atoms with Crippen LogP contribution < -0.4 is 16.0 Å². The SMILES string of the molecule is C=CC[C@]1(Cc2ccccc2)N=C([C@H](Cc2ccccc2)NC(=O)[C@@](CC=C)(Cc2ccccc2)NC(=O)[C@H](C)NC(=O)OCc2ccccc2)OC1=O. The maximum atomic E-state index is 14.8. The highest BCUT2D eigenvalue weighted by molar-refractivity contribution is 6.04. The van der Waals surface area contributed by atoms with Gasteiger partial charge in [0.1, 0.15) is 24.2 Å². The number of nitrogens with one attached hydrogen (secondary N) is 3. The van der Waals surface area contributed by atoms with E-state index < -0.39 is 47.0 Å². The van der Waals surface area contributed by atoms with Crippen LogP contribution in [0.2, 0.25) is 0 Å². The Morgan fingerprint density at radius 2 is 1.35 bits per heavy atom. The zero-order chi connectivity index (χ0) is 38.4. The van der Waals surface area contributed by atoms with E-state index in [9.17, 15) is 19.2 Å². The molecule has 1 heterocycles. The normalized spacial score (nSPS) is 17.1. The van der Waals surface area contributed by atoms with E-state index in [4.69, 9.17) is 14.5 Å². The number of aliphatic imine (C=N–C) groups is 1. The van der Waals surface area contributed by atoms with E-state index in [1.54, 1.807) is 12.2 Å². The van der Waals surface area contributed by atoms with Crippen molar-refractivity contribution in [1.29, 1.82) is 0 Å². The fourth-order valence-electron chi connectivity index (χ4n) is 6.39. The van der Waals surface area contributed by atoms with E-state index >= 15 is 0 Å². The van der Waals surface area contributed by atoms with E-state index in [2.05, 4.69) is 29.1 Å². The van der Waals surface area contributed by atoms with Gasteiger partial charge in [-0.1, -0.05) is 133 Å². The largest absolute Gasteiger partial charge is 0.445 e. The summed E-state index contributed by atoms with van der Waals surface area (Å²) in [5.74, 6) is -1.65. The molecule has 10 nitrogen and oxygen atoms in total. The van der Waals surface area contributed by atoms with Crippen molar-refractivity contribution in [3.05, 3.63) is 169 Å². The van der Waals surface area contributed by atoms with E-state index in [1.807, 2.05) is 121 Å². The van der Waals surface area contributed by atoms with E-state index in [1.165, 1.54) is 6.92 Å². The summed E-state index contributed by atoms with van der Waals surface area (Å²) < 4.78 is 11.3. The first kappa shape index (κ1) is 38.9. The zero-order valence-electron chi connectivity index (χ0n) is 30.4. The first-order valence-corrected chi connectivity index (χ1v) is 17.9. The minimum absolute atomic E-state index is 0.0223. The lowest BCUT2D eigenvalue weighted by Crippen LogP contribution is -2.64. The van der Waals surface area contributed by atoms with Gasteiger partial charge in [-0.2, -0.15) is 0 Å². The number of ether oxygens (including phenoxy) is 2. The second-order valence-electron chi connectivity index (χ2n) is 13.4. The average Bonchev–Trinajstić information content (AvgIpc) is 3.50. The van der Waals surface area contributed by atoms with Crippen LogP contribution >= 0.6 is 0 Å². The molecule has 0 fully saturated rings. The number of rotatable bonds is 18. The van der Waals surface area contributed by atoms with Crippen LogP contribution in [-0.4, -0.2) is 52.9 Å². The van der Waals surface area contributed by atoms with Gasteiger partial charge in [0, 0.05) is 25.7 Å². The predicted molar refractivity (Wildman–Crippen MR) is 208 cm³/mol. The molecule has 5 rings (SSSR count). The van der Waals surface area contributed by atoms with Gasteiger partial charge in [-0.15, -0.1) is 13.2 Å². The van der Waals surface area contributed by atoms with E-state index in [-0.39, 0.29) is 44.6 Å². The Morgan fingerprint density at radius 1 is 0.796 bits per heavy atom. The second kappa shape index (κ2) is 18.5. The van der Waals surface area contributed by atoms with Gasteiger partial charge in [-0.3, -0.25) is 9.59 Å². The summed E-state index contributed by atoms with van der Waals surface area (Å²) in [5, 5.41) is 8.60. The van der Waals surface area contributed by atoms with Crippen molar-refractivity contribution < 1.29 is 28.7 Å². The standard InChI is InChI=1S/C44H46N4O6/c1-4-26-43(29-34-20-12-7-13-21-34,47-38(49)32(3)45-42(52)53-31-36-24-16-9-17-25-36)40(50)46-37(28-33-18-10-6-11-19-33)39-48-44(27-5-2,41(51)54-39)30-35-22-14-8-15-23-35/h4-25,32,37H,1-2,26-31H2,3H3,(H,45,52)(H,46,50)(H,47,49)/t32-,37-,43+,44+/m0/s1. The summed E-state index contributed by atoms with van der Waals surface area (Å²) in [5.41, 5.74) is 0.467. The molecule has 0 aliphatic carbocycles. The summed E-state index contributed by atoms with van der Waals surface area (Å²) in [6, 6.07) is 35.4. The molecule has 1 aliphatic heterocycles. The summed E-state index contributed by atoms with van der Waals surface area (Å²) >= 11 is 0. The lowest BCUT2D eigenvalue weighted by molar-refractivity contribution is -0.139. The maximum absolute atomic E-state index is 14.8. The monoisotopic (exact) mass is 726 g/mol. The van der Waals surface area contributed by atoms with Gasteiger partial charge in [0.2, 0.25) is 17.7 Å². The van der Waals surface area contributed by atoms with Gasteiger partial charge < -0.3 is 25.4 Å². The molecule has 0 spiro atoms. The Balaban J connectivity index is 1.45. The molecule has 4 aromatic rings. The van der Waals surface area contributed by atoms with Crippen LogP contribution in [0.4, 0.5) is 4.79 Å². The fraction of sp³-hybridized carbons (Fsp3) is 0.250. The Morgan fingerprint density at radius 3 is 1.93 bits per heavy atom. The zero-order valence-corrected chi connectivity index (χ0v) is 30.4. The topological polar surface area (TPSA) is 135 Å². The molecule has 10 heteroatoms. The van der Waals surface area contributed by atoms with Crippen LogP contribution in [0.25, 0.3) is 0 Å². The van der Waals surface area contributed by atoms with Gasteiger partial charge in [-0.05, 0) is 35.6 Å². The quantitative estimate of drug-likeness (QED) is 0.0824. The number of alkyl carbamates (subject to hydrolysis) is 1. The number of nitrogens with zero attached hydrogens (tertiary/aromatic N) is 1. The van der Waals surface area contributed by atoms with Crippen LogP contribution in [0.1, 0.15) is 42.0 Å². The highest BCUT2D eigenvalue weighted by Gasteiger charge is 2.48. The van der Waals surface area contributed by atoms with Crippen LogP contribution in [0.5, 0.6) is 0 Å². The van der Waals surface area contributed by atoms with Crippen molar-refractivity contribution in [3.63, 3.8) is 0 Å². The van der Waals surface area contributed by atoms with E-state index in [0.717, 1.165) is 22.3 Å². The smallest absolute Gasteiger partial charge is 0.408 e. The Labute approximate surface area is 316 Å². The molecule has 4 aromatic carbocycles. The van der Waals surface area contributed by atoms with Gasteiger partial charge in [0.25, 0.3) is 0 Å². The third-order valence-corrected chi connectivity index (χ3v) is 9.19. The number of amides is 3. The molecule has 1 aliphatic rings. The number of cyclic esters (lactones) is 1. The van der Waals surface area contributed by atoms with Crippen molar-refractivity contribution in [2.45, 2.75) is 68.8 Å². The number of esters is 1. The third kappa shape index (κ3) is 10.2. The molecule has 0 saturated carbocycles. The van der Waals surface area contributed by atoms with Gasteiger partial charge in [0.15, 0.2) is 5.54 Å². The first-order valence-electron chi connectivity index (χ1n) is 17.9. The molecule has 0 saturated heterocycles. The van der Waals surface area contributed by atoms with Crippen LogP contribution in [0, 0.1) is 0 Å². The Hall–Kier alpha value is -6.29. The summed E-state index contributed by atoms with van der Waals surface area (Å²) in [6.45, 7) is 9.32. The van der Waals surface area contributed by atoms with Crippen molar-refractivity contribution in [3.8, 4) is 0 Å². The molecule has 3 amide bonds. The van der Waals surface area contributed by atoms with E-state index in [0.29, 0.717) is 0 Å². The number of carbonyl (C=O) groups is 4. The van der Waals surface area contributed by atoms with Crippen molar-refractivity contribution in [2.24, 2.45) is 4.99 Å². The van der Waals surface area contributed by atoms with Crippen LogP contribution in [-0.2, 0) is 49.7 Å². The second-order valence-corrected chi connectivity index (χ2v) is 13.4. The van der Waals surface area contributed by atoms with Crippen molar-refractivity contribution in [1.82, 2.24) is 16.0 Å². The molecule has 0 radical (unpaired) electrons. The summed E-state index contributed by atoms with van der Waals surface area (Å²) in [4.78, 5) is 60.0. The molecule has 0 aromatic heterocycles. The molecule has 0 bridgehead atoms. The molecule has 3 N–H and O–H groups in total. The molecule has 278 valence electrons. The first-order chi connectivity index (χ1) is 26.1. The summed E-state index contributed by atoms with van der Waals surface area (Å²) in [6.07, 6.45) is 3.26. The highest BCUT2D eigenvalue weighted by atomic mass is 16.6. The maximum Gasteiger partial charge on any atom is 0.408 e. The minimum Gasteiger partial charge on any atom is -0.445 e. The summed E-state index contributed by atoms with van der Waals surface area (Å²) in [7, 11) is 0. The Bertz CT molecular complexity index is 1940. The number of hydrogen-bond acceptors (Lipinski definition) is 7. The minimum atomic E-state index is -1.58. The van der Waals surface area contributed by atoms with Crippen LogP contribution in [0.3, 0.4) is 0 Å². The van der Waals surface area contributed by atoms with Gasteiger partial charge in [0.05, 0.1) is 0 Å². The third-order valence-electron chi connectivity index (χ3n) is 9.19. The Kier molecular flexibility index (Phi) is 13.3. The van der Waals surface area contributed by atoms with Gasteiger partial charge in [-0.25, -0.2) is 14.6 Å². The predicted octanol–water partition coefficient (Wildman–Crippen LogP) is 6.22. The molecule has 4 atom stereocenters. The fourth-order valence-corrected chi connectivity index (χ4v) is 6.39. The average molecular weight is 727 g/mol. The lowest BCUT2D eigenvalue weighted by atomic mass is 9.85. The van der Waals surface area contributed by atoms with Crippen molar-refractivity contribution >= 4 is 29.8 Å². The lowest BCUT2D eigenvalue weighted by Gasteiger charge is -2.35. The molecular formula is C44H46N4O6. The van der Waals surface area contributed by atoms with Crippen LogP contribution in [0.15, 0.2) is 152 Å². The van der Waals surface area contributed by atoms with Gasteiger partial charge >= 0.3 is 12.1 Å². The number of hydrogen-bond donors (Lipinski definition) is 3. The van der Waals surface area contributed by atoms with Crippen molar-refractivity contribution in [2.75, 3.05) is 0 Å². The number of benzene rings is 4. The molecular weight excluding hydrogens is 681 g/mol. The highest BCUT2D eigenvalue weighted by Crippen LogP contribution is 2.31.